The van der Waals surface area contributed by atoms with Crippen molar-refractivity contribution in [3.05, 3.63) is 52.1 Å². The van der Waals surface area contributed by atoms with Crippen molar-refractivity contribution in [2.45, 2.75) is 0 Å². The van der Waals surface area contributed by atoms with E-state index in [1.165, 1.54) is 31.3 Å². The lowest BCUT2D eigenvalue weighted by Crippen LogP contribution is -2.02. The molecule has 2 rings (SSSR count). The zero-order valence-electron chi connectivity index (χ0n) is 10.3. The van der Waals surface area contributed by atoms with E-state index in [1.807, 2.05) is 0 Å². The molecule has 1 aromatic carbocycles. The monoisotopic (exact) mass is 281 g/mol. The maximum absolute atomic E-state index is 13.6. The quantitative estimate of drug-likeness (QED) is 0.688. The number of nitrogens with one attached hydrogen (secondary N) is 1. The van der Waals surface area contributed by atoms with E-state index >= 15 is 0 Å². The average molecular weight is 281 g/mol. The van der Waals surface area contributed by atoms with Crippen LogP contribution in [0.5, 0.6) is 11.6 Å². The van der Waals surface area contributed by atoms with Gasteiger partial charge in [-0.05, 0) is 6.07 Å². The Morgan fingerprint density at radius 3 is 2.65 bits per heavy atom. The van der Waals surface area contributed by atoms with Crippen molar-refractivity contribution in [1.82, 2.24) is 4.98 Å². The van der Waals surface area contributed by atoms with Crippen LogP contribution in [-0.2, 0) is 0 Å². The first kappa shape index (κ1) is 13.7. The second-order valence-electron chi connectivity index (χ2n) is 3.68. The number of ether oxygens (including phenoxy) is 1. The molecule has 8 heteroatoms. The lowest BCUT2D eigenvalue weighted by Gasteiger charge is -2.08. The summed E-state index contributed by atoms with van der Waals surface area (Å²) in [5.74, 6) is -2.90. The molecule has 0 amide bonds. The molecule has 0 bridgehead atoms. The van der Waals surface area contributed by atoms with E-state index in [1.54, 1.807) is 0 Å². The number of hydrogen-bond acceptors (Lipinski definition) is 5. The SMILES string of the molecule is CNc1nc(Oc2ccccc2[N+](=O)[O-])c(F)cc1F. The second kappa shape index (κ2) is 5.47. The van der Waals surface area contributed by atoms with Crippen LogP contribution < -0.4 is 10.1 Å². The molecule has 0 saturated heterocycles. The Morgan fingerprint density at radius 2 is 2.00 bits per heavy atom. The van der Waals surface area contributed by atoms with Gasteiger partial charge in [0.2, 0.25) is 5.75 Å². The van der Waals surface area contributed by atoms with Crippen molar-refractivity contribution >= 4 is 11.5 Å². The minimum Gasteiger partial charge on any atom is -0.429 e. The molecular formula is C12H9F2N3O3. The van der Waals surface area contributed by atoms with Gasteiger partial charge in [-0.25, -0.2) is 8.78 Å². The van der Waals surface area contributed by atoms with Crippen LogP contribution in [0.1, 0.15) is 0 Å². The summed E-state index contributed by atoms with van der Waals surface area (Å²) < 4.78 is 31.9. The molecular weight excluding hydrogens is 272 g/mol. The Labute approximate surface area is 112 Å². The van der Waals surface area contributed by atoms with Gasteiger partial charge in [0.25, 0.3) is 5.88 Å². The highest BCUT2D eigenvalue weighted by molar-refractivity contribution is 5.48. The van der Waals surface area contributed by atoms with Gasteiger partial charge in [0.05, 0.1) is 4.92 Å². The third kappa shape index (κ3) is 2.63. The summed E-state index contributed by atoms with van der Waals surface area (Å²) in [6, 6.07) is 6.02. The van der Waals surface area contributed by atoms with E-state index in [9.17, 15) is 18.9 Å². The summed E-state index contributed by atoms with van der Waals surface area (Å²) >= 11 is 0. The standard InChI is InChI=1S/C12H9F2N3O3/c1-15-11-7(13)6-8(14)12(16-11)20-10-5-3-2-4-9(10)17(18)19/h2-6H,1H3,(H,15,16). The van der Waals surface area contributed by atoms with Crippen molar-refractivity contribution in [3.63, 3.8) is 0 Å². The van der Waals surface area contributed by atoms with Gasteiger partial charge in [0.1, 0.15) is 0 Å². The van der Waals surface area contributed by atoms with Crippen LogP contribution in [0.4, 0.5) is 20.3 Å². The summed E-state index contributed by atoms with van der Waals surface area (Å²) in [7, 11) is 1.40. The van der Waals surface area contributed by atoms with Gasteiger partial charge < -0.3 is 10.1 Å². The van der Waals surface area contributed by atoms with E-state index in [-0.39, 0.29) is 17.3 Å². The second-order valence-corrected chi connectivity index (χ2v) is 3.68. The first-order chi connectivity index (χ1) is 9.52. The normalized spacial score (nSPS) is 10.2. The van der Waals surface area contributed by atoms with E-state index in [0.29, 0.717) is 6.07 Å². The molecule has 0 fully saturated rings. The molecule has 1 heterocycles. The maximum Gasteiger partial charge on any atom is 0.311 e. The summed E-state index contributed by atoms with van der Waals surface area (Å²) in [5, 5.41) is 13.2. The lowest BCUT2D eigenvalue weighted by molar-refractivity contribution is -0.385. The Bertz CT molecular complexity index is 664. The third-order valence-corrected chi connectivity index (χ3v) is 2.40. The molecule has 0 aliphatic rings. The van der Waals surface area contributed by atoms with E-state index in [4.69, 9.17) is 4.74 Å². The predicted octanol–water partition coefficient (Wildman–Crippen LogP) is 3.10. The smallest absolute Gasteiger partial charge is 0.311 e. The molecule has 0 spiro atoms. The average Bonchev–Trinajstić information content (AvgIpc) is 2.42. The molecule has 20 heavy (non-hydrogen) atoms. The van der Waals surface area contributed by atoms with Crippen molar-refractivity contribution < 1.29 is 18.4 Å². The molecule has 1 aromatic heterocycles. The zero-order valence-corrected chi connectivity index (χ0v) is 10.3. The van der Waals surface area contributed by atoms with E-state index in [2.05, 4.69) is 10.3 Å². The molecule has 0 atom stereocenters. The summed E-state index contributed by atoms with van der Waals surface area (Å²) in [4.78, 5) is 13.7. The Hall–Kier alpha value is -2.77. The van der Waals surface area contributed by atoms with E-state index in [0.717, 1.165) is 0 Å². The fourth-order valence-electron chi connectivity index (χ4n) is 1.50. The molecule has 6 nitrogen and oxygen atoms in total. The number of aromatic nitrogens is 1. The fourth-order valence-corrected chi connectivity index (χ4v) is 1.50. The summed E-state index contributed by atoms with van der Waals surface area (Å²) in [5.41, 5.74) is -0.343. The minimum atomic E-state index is -1.06. The molecule has 2 aromatic rings. The molecule has 1 N–H and O–H groups in total. The molecule has 104 valence electrons. The summed E-state index contributed by atoms with van der Waals surface area (Å²) in [6.45, 7) is 0. The lowest BCUT2D eigenvalue weighted by atomic mass is 10.3. The topological polar surface area (TPSA) is 77.3 Å². The Kier molecular flexibility index (Phi) is 3.74. The number of benzene rings is 1. The Morgan fingerprint density at radius 1 is 1.30 bits per heavy atom. The van der Waals surface area contributed by atoms with Crippen LogP contribution in [0, 0.1) is 21.7 Å². The van der Waals surface area contributed by atoms with Gasteiger partial charge >= 0.3 is 5.69 Å². The van der Waals surface area contributed by atoms with Gasteiger partial charge in [0, 0.05) is 19.2 Å². The first-order valence-corrected chi connectivity index (χ1v) is 5.48. The third-order valence-electron chi connectivity index (χ3n) is 2.40. The van der Waals surface area contributed by atoms with Crippen LogP contribution in [0.3, 0.4) is 0 Å². The number of rotatable bonds is 4. The van der Waals surface area contributed by atoms with Crippen LogP contribution in [0.2, 0.25) is 0 Å². The number of nitrogens with zero attached hydrogens (tertiary/aromatic N) is 2. The fraction of sp³-hybridized carbons (Fsp3) is 0.0833. The first-order valence-electron chi connectivity index (χ1n) is 5.48. The van der Waals surface area contributed by atoms with Crippen LogP contribution in [0.25, 0.3) is 0 Å². The highest BCUT2D eigenvalue weighted by Gasteiger charge is 2.18. The minimum absolute atomic E-state index is 0.183. The van der Waals surface area contributed by atoms with Crippen molar-refractivity contribution in [2.24, 2.45) is 0 Å². The molecule has 0 aliphatic carbocycles. The van der Waals surface area contributed by atoms with Gasteiger partial charge in [-0.3, -0.25) is 10.1 Å². The number of hydrogen-bond donors (Lipinski definition) is 1. The van der Waals surface area contributed by atoms with Crippen molar-refractivity contribution in [3.8, 4) is 11.6 Å². The number of halogens is 2. The van der Waals surface area contributed by atoms with Crippen LogP contribution >= 0.6 is 0 Å². The molecule has 0 radical (unpaired) electrons. The number of anilines is 1. The number of nitro benzene ring substituents is 1. The van der Waals surface area contributed by atoms with Crippen LogP contribution in [0.15, 0.2) is 30.3 Å². The largest absolute Gasteiger partial charge is 0.429 e. The maximum atomic E-state index is 13.6. The number of nitro groups is 1. The highest BCUT2D eigenvalue weighted by atomic mass is 19.1. The van der Waals surface area contributed by atoms with Crippen LogP contribution in [-0.4, -0.2) is 17.0 Å². The summed E-state index contributed by atoms with van der Waals surface area (Å²) in [6.07, 6.45) is 0. The molecule has 0 aliphatic heterocycles. The number of para-hydroxylation sites is 2. The number of pyridine rings is 1. The molecule has 0 saturated carbocycles. The zero-order chi connectivity index (χ0) is 14.7. The van der Waals surface area contributed by atoms with E-state index < -0.39 is 22.4 Å². The molecule has 0 unspecified atom stereocenters. The highest BCUT2D eigenvalue weighted by Crippen LogP contribution is 2.32. The van der Waals surface area contributed by atoms with Gasteiger partial charge in [0.15, 0.2) is 17.5 Å². The van der Waals surface area contributed by atoms with Crippen molar-refractivity contribution in [1.29, 1.82) is 0 Å². The van der Waals surface area contributed by atoms with Gasteiger partial charge in [-0.15, -0.1) is 0 Å². The Balaban J connectivity index is 2.42. The van der Waals surface area contributed by atoms with Gasteiger partial charge in [-0.1, -0.05) is 12.1 Å². The predicted molar refractivity (Wildman–Crippen MR) is 66.9 cm³/mol. The van der Waals surface area contributed by atoms with Crippen molar-refractivity contribution in [2.75, 3.05) is 12.4 Å². The van der Waals surface area contributed by atoms with Gasteiger partial charge in [-0.2, -0.15) is 4.98 Å².